The first-order chi connectivity index (χ1) is 14.3. The maximum Gasteiger partial charge on any atom is 0.295 e. The van der Waals surface area contributed by atoms with E-state index in [0.717, 1.165) is 12.1 Å². The number of methoxy groups -OCH3 is 1. The Kier molecular flexibility index (Phi) is 6.80. The minimum atomic E-state index is -0.687. The zero-order chi connectivity index (χ0) is 21.8. The molecule has 1 atom stereocenters. The van der Waals surface area contributed by atoms with Gasteiger partial charge < -0.3 is 19.6 Å². The van der Waals surface area contributed by atoms with Gasteiger partial charge >= 0.3 is 0 Å². The summed E-state index contributed by atoms with van der Waals surface area (Å²) in [5.41, 5.74) is 1.25. The van der Waals surface area contributed by atoms with Gasteiger partial charge in [-0.05, 0) is 69.0 Å². The van der Waals surface area contributed by atoms with E-state index >= 15 is 0 Å². The van der Waals surface area contributed by atoms with Gasteiger partial charge in [-0.15, -0.1) is 0 Å². The molecule has 2 aromatic rings. The van der Waals surface area contributed by atoms with Crippen molar-refractivity contribution in [2.24, 2.45) is 0 Å². The van der Waals surface area contributed by atoms with Crippen molar-refractivity contribution < 1.29 is 19.4 Å². The Labute approximate surface area is 181 Å². The van der Waals surface area contributed by atoms with Crippen molar-refractivity contribution in [3.63, 3.8) is 0 Å². The van der Waals surface area contributed by atoms with Crippen LogP contribution in [0.4, 0.5) is 0 Å². The van der Waals surface area contributed by atoms with Gasteiger partial charge in [-0.3, -0.25) is 9.59 Å². The Hall–Kier alpha value is -2.83. The van der Waals surface area contributed by atoms with Crippen LogP contribution in [-0.4, -0.2) is 60.9 Å². The second-order valence-electron chi connectivity index (χ2n) is 7.43. The number of rotatable bonds is 7. The number of likely N-dealkylation sites (tertiary alicyclic amines) is 1. The third-order valence-corrected chi connectivity index (χ3v) is 5.35. The molecule has 1 N–H and O–H groups in total. The maximum absolute atomic E-state index is 12.9. The summed E-state index contributed by atoms with van der Waals surface area (Å²) < 4.78 is 5.22. The highest BCUT2D eigenvalue weighted by Gasteiger charge is 2.45. The number of Topliss-reactive ketones (excluding diaryl/α,β-unsaturated/α-hetero) is 1. The number of halogens is 1. The van der Waals surface area contributed by atoms with Gasteiger partial charge in [0, 0.05) is 17.1 Å². The number of aliphatic hydroxyl groups excluding tert-OH is 1. The number of ether oxygens (including phenoxy) is 1. The van der Waals surface area contributed by atoms with Crippen LogP contribution in [0, 0.1) is 0 Å². The van der Waals surface area contributed by atoms with E-state index < -0.39 is 17.7 Å². The van der Waals surface area contributed by atoms with E-state index in [1.165, 1.54) is 4.90 Å². The molecule has 1 fully saturated rings. The summed E-state index contributed by atoms with van der Waals surface area (Å²) in [5, 5.41) is 11.5. The predicted molar refractivity (Wildman–Crippen MR) is 117 cm³/mol. The van der Waals surface area contributed by atoms with Crippen LogP contribution >= 0.6 is 11.6 Å². The summed E-state index contributed by atoms with van der Waals surface area (Å²) in [6.07, 6.45) is 0.702. The Morgan fingerprint density at radius 3 is 2.30 bits per heavy atom. The molecule has 7 heteroatoms. The number of amides is 1. The third kappa shape index (κ3) is 4.50. The lowest BCUT2D eigenvalue weighted by Gasteiger charge is -2.26. The van der Waals surface area contributed by atoms with Gasteiger partial charge in [-0.25, -0.2) is 0 Å². The van der Waals surface area contributed by atoms with Gasteiger partial charge in [0.1, 0.15) is 11.5 Å². The first kappa shape index (κ1) is 21.9. The minimum absolute atomic E-state index is 0.0809. The fourth-order valence-corrected chi connectivity index (χ4v) is 3.69. The van der Waals surface area contributed by atoms with Gasteiger partial charge in [0.2, 0.25) is 0 Å². The molecule has 1 heterocycles. The van der Waals surface area contributed by atoms with Gasteiger partial charge in [0.15, 0.2) is 0 Å². The average Bonchev–Trinajstić information content (AvgIpc) is 2.98. The molecule has 3 rings (SSSR count). The summed E-state index contributed by atoms with van der Waals surface area (Å²) >= 11 is 5.94. The van der Waals surface area contributed by atoms with Gasteiger partial charge in [0.05, 0.1) is 18.7 Å². The lowest BCUT2D eigenvalue weighted by Crippen LogP contribution is -2.32. The molecule has 0 bridgehead atoms. The van der Waals surface area contributed by atoms with E-state index in [1.54, 1.807) is 43.5 Å². The SMILES string of the molecule is COc1ccc([C@@H]2C(=C(O)c3ccc(Cl)cc3)C(=O)C(=O)N2CCCN(C)C)cc1. The van der Waals surface area contributed by atoms with Crippen molar-refractivity contribution >= 4 is 29.1 Å². The van der Waals surface area contributed by atoms with Crippen LogP contribution in [0.25, 0.3) is 5.76 Å². The van der Waals surface area contributed by atoms with Crippen LogP contribution < -0.4 is 4.74 Å². The molecule has 1 aliphatic heterocycles. The average molecular weight is 429 g/mol. The van der Waals surface area contributed by atoms with Crippen LogP contribution in [0.5, 0.6) is 5.75 Å². The number of ketones is 1. The Morgan fingerprint density at radius 2 is 1.73 bits per heavy atom. The molecule has 0 unspecified atom stereocenters. The summed E-state index contributed by atoms with van der Waals surface area (Å²) in [7, 11) is 5.48. The standard InChI is InChI=1S/C23H25ClN2O4/c1-25(2)13-4-14-26-20(15-7-11-18(30-3)12-8-15)19(22(28)23(26)29)21(27)16-5-9-17(24)10-6-16/h5-12,20,27H,4,13-14H2,1-3H3/t20-/m1/s1. The number of carbonyl (C=O) groups is 2. The number of hydrogen-bond donors (Lipinski definition) is 1. The van der Waals surface area contributed by atoms with Crippen molar-refractivity contribution in [1.82, 2.24) is 9.80 Å². The second-order valence-corrected chi connectivity index (χ2v) is 7.87. The van der Waals surface area contributed by atoms with Crippen molar-refractivity contribution in [2.75, 3.05) is 34.3 Å². The predicted octanol–water partition coefficient (Wildman–Crippen LogP) is 3.72. The number of benzene rings is 2. The monoisotopic (exact) mass is 428 g/mol. The van der Waals surface area contributed by atoms with Crippen molar-refractivity contribution in [1.29, 1.82) is 0 Å². The van der Waals surface area contributed by atoms with Crippen molar-refractivity contribution in [2.45, 2.75) is 12.5 Å². The summed E-state index contributed by atoms with van der Waals surface area (Å²) in [4.78, 5) is 29.3. The zero-order valence-electron chi connectivity index (χ0n) is 17.3. The number of hydrogen-bond acceptors (Lipinski definition) is 5. The summed E-state index contributed by atoms with van der Waals surface area (Å²) in [6, 6.07) is 13.0. The minimum Gasteiger partial charge on any atom is -0.507 e. The molecular weight excluding hydrogens is 404 g/mol. The fourth-order valence-electron chi connectivity index (χ4n) is 3.56. The van der Waals surface area contributed by atoms with Crippen molar-refractivity contribution in [3.05, 3.63) is 70.3 Å². The lowest BCUT2D eigenvalue weighted by atomic mass is 9.95. The molecule has 158 valence electrons. The summed E-state index contributed by atoms with van der Waals surface area (Å²) in [5.74, 6) is -0.833. The normalized spacial score (nSPS) is 18.3. The molecule has 0 spiro atoms. The number of carbonyl (C=O) groups excluding carboxylic acids is 2. The van der Waals surface area contributed by atoms with E-state index in [9.17, 15) is 14.7 Å². The highest BCUT2D eigenvalue weighted by atomic mass is 35.5. The van der Waals surface area contributed by atoms with Crippen molar-refractivity contribution in [3.8, 4) is 5.75 Å². The third-order valence-electron chi connectivity index (χ3n) is 5.09. The maximum atomic E-state index is 12.9. The lowest BCUT2D eigenvalue weighted by molar-refractivity contribution is -0.139. The van der Waals surface area contributed by atoms with E-state index in [-0.39, 0.29) is 11.3 Å². The first-order valence-electron chi connectivity index (χ1n) is 9.66. The van der Waals surface area contributed by atoms with Gasteiger partial charge in [0.25, 0.3) is 11.7 Å². The number of aliphatic hydroxyl groups is 1. The highest BCUT2D eigenvalue weighted by molar-refractivity contribution is 6.46. The Balaban J connectivity index is 2.07. The van der Waals surface area contributed by atoms with Crippen LogP contribution in [0.2, 0.25) is 5.02 Å². The summed E-state index contributed by atoms with van der Waals surface area (Å²) in [6.45, 7) is 1.17. The number of nitrogens with zero attached hydrogens (tertiary/aromatic N) is 2. The molecule has 2 aromatic carbocycles. The Morgan fingerprint density at radius 1 is 1.10 bits per heavy atom. The first-order valence-corrected chi connectivity index (χ1v) is 10.0. The van der Waals surface area contributed by atoms with Crippen LogP contribution in [-0.2, 0) is 9.59 Å². The molecule has 30 heavy (non-hydrogen) atoms. The smallest absolute Gasteiger partial charge is 0.295 e. The van der Waals surface area contributed by atoms with E-state index in [4.69, 9.17) is 16.3 Å². The molecule has 0 radical (unpaired) electrons. The fraction of sp³-hybridized carbons (Fsp3) is 0.304. The molecule has 1 aliphatic rings. The van der Waals surface area contributed by atoms with E-state index in [1.807, 2.05) is 31.1 Å². The topological polar surface area (TPSA) is 70.1 Å². The molecule has 6 nitrogen and oxygen atoms in total. The quantitative estimate of drug-likeness (QED) is 0.413. The molecule has 1 saturated heterocycles. The van der Waals surface area contributed by atoms with E-state index in [2.05, 4.69) is 0 Å². The zero-order valence-corrected chi connectivity index (χ0v) is 18.0. The van der Waals surface area contributed by atoms with Crippen LogP contribution in [0.15, 0.2) is 54.1 Å². The van der Waals surface area contributed by atoms with E-state index in [0.29, 0.717) is 29.3 Å². The van der Waals surface area contributed by atoms with Crippen LogP contribution in [0.1, 0.15) is 23.6 Å². The second kappa shape index (κ2) is 9.32. The van der Waals surface area contributed by atoms with Gasteiger partial charge in [-0.2, -0.15) is 0 Å². The van der Waals surface area contributed by atoms with Gasteiger partial charge in [-0.1, -0.05) is 23.7 Å². The largest absolute Gasteiger partial charge is 0.507 e. The molecule has 0 aliphatic carbocycles. The van der Waals surface area contributed by atoms with Crippen LogP contribution in [0.3, 0.4) is 0 Å². The molecule has 0 saturated carbocycles. The molecule has 1 amide bonds. The Bertz CT molecular complexity index is 952. The molecule has 0 aromatic heterocycles. The highest BCUT2D eigenvalue weighted by Crippen LogP contribution is 2.40. The molecular formula is C23H25ClN2O4.